The molecule has 2 aliphatic heterocycles. The molecule has 0 bridgehead atoms. The molecule has 0 spiro atoms. The molecular weight excluding hydrogens is 392 g/mol. The monoisotopic (exact) mass is 422 g/mol. The first-order valence-electron chi connectivity index (χ1n) is 10.2. The van der Waals surface area contributed by atoms with E-state index in [-0.39, 0.29) is 12.1 Å². The zero-order valence-electron chi connectivity index (χ0n) is 18.3. The maximum atomic E-state index is 12.6. The Kier molecular flexibility index (Phi) is 6.91. The summed E-state index contributed by atoms with van der Waals surface area (Å²) in [4.78, 5) is 20.8. The molecule has 1 unspecified atom stereocenters. The Labute approximate surface area is 183 Å². The number of hydrogen-bond acceptors (Lipinski definition) is 6. The average molecular weight is 423 g/mol. The van der Waals surface area contributed by atoms with E-state index in [2.05, 4.69) is 28.8 Å². The molecule has 8 heteroatoms. The molecule has 8 nitrogen and oxygen atoms in total. The number of nitrogens with one attached hydrogen (secondary N) is 2. The zero-order chi connectivity index (χ0) is 22.5. The molecule has 1 aromatic carbocycles. The molecule has 2 aromatic rings. The number of nitrogens with zero attached hydrogens (tertiary/aromatic N) is 3. The highest BCUT2D eigenvalue weighted by atomic mass is 16.5. The van der Waals surface area contributed by atoms with Crippen LogP contribution in [0.15, 0.2) is 43.1 Å². The summed E-state index contributed by atoms with van der Waals surface area (Å²) in [5, 5.41) is 11.5. The number of likely N-dealkylation sites (tertiary alicyclic amines) is 1. The molecule has 2 amide bonds. The lowest BCUT2D eigenvalue weighted by Crippen LogP contribution is -2.46. The normalized spacial score (nSPS) is 17.8. The van der Waals surface area contributed by atoms with Gasteiger partial charge >= 0.3 is 6.03 Å². The second kappa shape index (κ2) is 9.61. The van der Waals surface area contributed by atoms with Gasteiger partial charge in [-0.25, -0.2) is 9.78 Å². The molecule has 1 saturated heterocycles. The Morgan fingerprint density at radius 2 is 2.16 bits per heavy atom. The van der Waals surface area contributed by atoms with E-state index in [9.17, 15) is 4.79 Å². The van der Waals surface area contributed by atoms with Crippen molar-refractivity contribution in [2.24, 2.45) is 0 Å². The van der Waals surface area contributed by atoms with Crippen LogP contribution in [0, 0.1) is 5.41 Å². The van der Waals surface area contributed by atoms with Gasteiger partial charge in [-0.1, -0.05) is 6.08 Å². The number of carbonyl (C=O) groups is 1. The second-order valence-electron chi connectivity index (χ2n) is 7.73. The fourth-order valence-electron chi connectivity index (χ4n) is 3.83. The highest BCUT2D eigenvalue weighted by Gasteiger charge is 2.33. The van der Waals surface area contributed by atoms with Gasteiger partial charge in [-0.15, -0.1) is 6.58 Å². The number of methoxy groups -OCH3 is 1. The van der Waals surface area contributed by atoms with Crippen molar-refractivity contribution in [3.05, 3.63) is 59.8 Å². The van der Waals surface area contributed by atoms with Crippen LogP contribution in [0.4, 0.5) is 16.2 Å². The van der Waals surface area contributed by atoms with Crippen molar-refractivity contribution in [3.63, 3.8) is 0 Å². The van der Waals surface area contributed by atoms with Gasteiger partial charge < -0.3 is 25.6 Å². The molecule has 0 aliphatic carbocycles. The molecule has 1 atom stereocenters. The number of likely N-dealkylation sites (N-methyl/N-ethyl adjacent to an activating group) is 1. The summed E-state index contributed by atoms with van der Waals surface area (Å²) in [6.45, 7) is 7.63. The summed E-state index contributed by atoms with van der Waals surface area (Å²) in [6.07, 6.45) is 4.32. The summed E-state index contributed by atoms with van der Waals surface area (Å²) in [5.41, 5.74) is 9.91. The summed E-state index contributed by atoms with van der Waals surface area (Å²) >= 11 is 0. The predicted octanol–water partition coefficient (Wildman–Crippen LogP) is 3.33. The van der Waals surface area contributed by atoms with Crippen molar-refractivity contribution in [1.29, 1.82) is 5.41 Å². The minimum atomic E-state index is -0.0885. The third kappa shape index (κ3) is 4.86. The van der Waals surface area contributed by atoms with Crippen LogP contribution in [0.3, 0.4) is 0 Å². The molecule has 31 heavy (non-hydrogen) atoms. The maximum Gasteiger partial charge on any atom is 0.322 e. The van der Waals surface area contributed by atoms with E-state index in [0.717, 1.165) is 30.8 Å². The van der Waals surface area contributed by atoms with Crippen LogP contribution in [0.2, 0.25) is 0 Å². The summed E-state index contributed by atoms with van der Waals surface area (Å²) < 4.78 is 5.08. The number of rotatable bonds is 4. The average Bonchev–Trinajstić information content (AvgIpc) is 3.19. The molecule has 4 N–H and O–H groups in total. The SMILES string of the molecule is C=CC.COc1ccc(C(=N)c2cc3c(cc2N)NC(=O)N(C2CCN(C)C2)C3)cn1. The van der Waals surface area contributed by atoms with Gasteiger partial charge in [0.15, 0.2) is 0 Å². The van der Waals surface area contributed by atoms with Gasteiger partial charge in [0.1, 0.15) is 0 Å². The Balaban J connectivity index is 0.000000858. The number of nitrogens with two attached hydrogens (primary N) is 1. The number of pyridine rings is 1. The summed E-state index contributed by atoms with van der Waals surface area (Å²) in [6, 6.07) is 7.26. The van der Waals surface area contributed by atoms with Crippen molar-refractivity contribution in [2.75, 3.05) is 38.3 Å². The minimum Gasteiger partial charge on any atom is -0.481 e. The van der Waals surface area contributed by atoms with Gasteiger partial charge in [-0.05, 0) is 50.7 Å². The molecule has 1 aromatic heterocycles. The van der Waals surface area contributed by atoms with Crippen molar-refractivity contribution in [1.82, 2.24) is 14.8 Å². The number of anilines is 2. The number of nitrogen functional groups attached to an aromatic ring is 1. The Morgan fingerprint density at radius 3 is 2.74 bits per heavy atom. The Bertz CT molecular complexity index is 973. The largest absolute Gasteiger partial charge is 0.481 e. The highest BCUT2D eigenvalue weighted by molar-refractivity contribution is 6.14. The van der Waals surface area contributed by atoms with Crippen molar-refractivity contribution in [2.45, 2.75) is 25.9 Å². The zero-order valence-corrected chi connectivity index (χ0v) is 18.3. The number of allylic oxidation sites excluding steroid dienone is 1. The molecule has 164 valence electrons. The summed E-state index contributed by atoms with van der Waals surface area (Å²) in [7, 11) is 3.62. The van der Waals surface area contributed by atoms with Crippen molar-refractivity contribution >= 4 is 23.1 Å². The van der Waals surface area contributed by atoms with E-state index in [1.807, 2.05) is 17.9 Å². The van der Waals surface area contributed by atoms with Gasteiger partial charge in [-0.3, -0.25) is 5.41 Å². The Hall–Kier alpha value is -3.39. The number of aromatic nitrogens is 1. The number of benzene rings is 1. The highest BCUT2D eigenvalue weighted by Crippen LogP contribution is 2.32. The smallest absolute Gasteiger partial charge is 0.322 e. The lowest BCUT2D eigenvalue weighted by molar-refractivity contribution is 0.181. The van der Waals surface area contributed by atoms with Crippen LogP contribution in [0.1, 0.15) is 30.0 Å². The number of ether oxygens (including phenoxy) is 1. The quantitative estimate of drug-likeness (QED) is 0.398. The van der Waals surface area contributed by atoms with Crippen LogP contribution in [0.25, 0.3) is 0 Å². The first kappa shape index (κ1) is 22.3. The molecule has 4 rings (SSSR count). The number of carbonyl (C=O) groups excluding carboxylic acids is 1. The Morgan fingerprint density at radius 1 is 1.42 bits per heavy atom. The molecule has 0 saturated carbocycles. The molecule has 3 heterocycles. The number of hydrogen-bond donors (Lipinski definition) is 3. The molecule has 1 fully saturated rings. The van der Waals surface area contributed by atoms with E-state index in [1.165, 1.54) is 0 Å². The van der Waals surface area contributed by atoms with Crippen molar-refractivity contribution in [3.8, 4) is 5.88 Å². The van der Waals surface area contributed by atoms with E-state index in [0.29, 0.717) is 35.0 Å². The van der Waals surface area contributed by atoms with Crippen molar-refractivity contribution < 1.29 is 9.53 Å². The maximum absolute atomic E-state index is 12.6. The molecule has 2 aliphatic rings. The third-order valence-corrected chi connectivity index (χ3v) is 5.43. The molecular formula is C23H30N6O2. The number of fused-ring (bicyclic) bond motifs is 1. The van der Waals surface area contributed by atoms with Gasteiger partial charge in [-0.2, -0.15) is 0 Å². The molecule has 0 radical (unpaired) electrons. The van der Waals surface area contributed by atoms with E-state index in [1.54, 1.807) is 37.6 Å². The summed E-state index contributed by atoms with van der Waals surface area (Å²) in [5.74, 6) is 0.495. The second-order valence-corrected chi connectivity index (χ2v) is 7.73. The lowest BCUT2D eigenvalue weighted by Gasteiger charge is -2.34. The fourth-order valence-corrected chi connectivity index (χ4v) is 3.83. The first-order valence-corrected chi connectivity index (χ1v) is 10.2. The van der Waals surface area contributed by atoms with Crippen LogP contribution < -0.4 is 15.8 Å². The standard InChI is InChI=1S/C20H24N6O2.C3H6/c1-25-6-5-14(11-25)26-10-13-7-15(16(21)8-17(13)24-20(26)27)19(22)12-3-4-18(28-2)23-9-12;1-3-2/h3-4,7-9,14,22H,5-6,10-11,21H2,1-2H3,(H,24,27);3H,1H2,2H3. The predicted molar refractivity (Wildman–Crippen MR) is 124 cm³/mol. The van der Waals surface area contributed by atoms with Crippen LogP contribution in [-0.2, 0) is 6.54 Å². The van der Waals surface area contributed by atoms with Crippen LogP contribution >= 0.6 is 0 Å². The lowest BCUT2D eigenvalue weighted by atomic mass is 9.97. The van der Waals surface area contributed by atoms with Gasteiger partial charge in [0.25, 0.3) is 0 Å². The van der Waals surface area contributed by atoms with E-state index in [4.69, 9.17) is 15.9 Å². The number of amides is 2. The van der Waals surface area contributed by atoms with Gasteiger partial charge in [0, 0.05) is 53.9 Å². The minimum absolute atomic E-state index is 0.0885. The fraction of sp³-hybridized carbons (Fsp3) is 0.348. The number of urea groups is 1. The third-order valence-electron chi connectivity index (χ3n) is 5.43. The van der Waals surface area contributed by atoms with Gasteiger partial charge in [0.05, 0.1) is 12.8 Å². The van der Waals surface area contributed by atoms with Gasteiger partial charge in [0.2, 0.25) is 5.88 Å². The first-order chi connectivity index (χ1) is 14.9. The van der Waals surface area contributed by atoms with E-state index >= 15 is 0 Å². The van der Waals surface area contributed by atoms with E-state index < -0.39 is 0 Å². The van der Waals surface area contributed by atoms with Crippen LogP contribution in [-0.4, -0.2) is 59.8 Å². The van der Waals surface area contributed by atoms with Crippen LogP contribution in [0.5, 0.6) is 5.88 Å². The topological polar surface area (TPSA) is 108 Å².